The Labute approximate surface area is 103 Å². The molecule has 2 heteroatoms. The van der Waals surface area contributed by atoms with Crippen molar-refractivity contribution in [3.05, 3.63) is 29.3 Å². The Morgan fingerprint density at radius 1 is 1.18 bits per heavy atom. The molecule has 2 aliphatic rings. The average molecular weight is 229 g/mol. The average Bonchev–Trinajstić information content (AvgIpc) is 2.75. The molecule has 1 fully saturated rings. The summed E-state index contributed by atoms with van der Waals surface area (Å²) in [5.74, 6) is 0.412. The molecule has 0 bridgehead atoms. The van der Waals surface area contributed by atoms with E-state index in [0.717, 1.165) is 6.54 Å². The van der Waals surface area contributed by atoms with Crippen molar-refractivity contribution < 1.29 is 4.79 Å². The number of hydrogen-bond acceptors (Lipinski definition) is 2. The van der Waals surface area contributed by atoms with Crippen LogP contribution in [-0.4, -0.2) is 18.4 Å². The van der Waals surface area contributed by atoms with Gasteiger partial charge < -0.3 is 4.90 Å². The Morgan fingerprint density at radius 3 is 2.82 bits per heavy atom. The summed E-state index contributed by atoms with van der Waals surface area (Å²) in [6.07, 6.45) is 5.18. The number of piperidine rings is 1. The van der Waals surface area contributed by atoms with Crippen LogP contribution in [0.5, 0.6) is 0 Å². The lowest BCUT2D eigenvalue weighted by molar-refractivity contribution is -0.120. The maximum absolute atomic E-state index is 11.4. The largest absolute Gasteiger partial charge is 0.368 e. The Balaban J connectivity index is 1.86. The van der Waals surface area contributed by atoms with Gasteiger partial charge in [0.05, 0.1) is 0 Å². The first-order chi connectivity index (χ1) is 8.24. The summed E-state index contributed by atoms with van der Waals surface area (Å²) < 4.78 is 0. The highest BCUT2D eigenvalue weighted by atomic mass is 16.1. The van der Waals surface area contributed by atoms with Crippen LogP contribution in [0, 0.1) is 0 Å². The molecule has 0 N–H and O–H groups in total. The molecule has 1 aromatic rings. The van der Waals surface area contributed by atoms with Crippen molar-refractivity contribution in [3.63, 3.8) is 0 Å². The first kappa shape index (κ1) is 10.8. The van der Waals surface area contributed by atoms with Crippen molar-refractivity contribution in [2.24, 2.45) is 0 Å². The molecule has 1 aliphatic heterocycles. The summed E-state index contributed by atoms with van der Waals surface area (Å²) in [5, 5.41) is 0. The van der Waals surface area contributed by atoms with Crippen LogP contribution in [-0.2, 0) is 17.6 Å². The van der Waals surface area contributed by atoms with E-state index in [9.17, 15) is 4.79 Å². The van der Waals surface area contributed by atoms with Gasteiger partial charge in [-0.1, -0.05) is 6.07 Å². The second-order valence-corrected chi connectivity index (χ2v) is 5.34. The zero-order valence-corrected chi connectivity index (χ0v) is 10.4. The van der Waals surface area contributed by atoms with Crippen LogP contribution >= 0.6 is 0 Å². The number of carbonyl (C=O) groups is 1. The summed E-state index contributed by atoms with van der Waals surface area (Å²) >= 11 is 0. The van der Waals surface area contributed by atoms with Gasteiger partial charge in [0.25, 0.3) is 0 Å². The van der Waals surface area contributed by atoms with Crippen LogP contribution < -0.4 is 4.90 Å². The van der Waals surface area contributed by atoms with Gasteiger partial charge in [-0.15, -0.1) is 0 Å². The summed E-state index contributed by atoms with van der Waals surface area (Å²) in [7, 11) is 0. The number of hydrogen-bond donors (Lipinski definition) is 0. The van der Waals surface area contributed by atoms with E-state index in [1.807, 2.05) is 0 Å². The Morgan fingerprint density at radius 2 is 2.00 bits per heavy atom. The Kier molecular flexibility index (Phi) is 2.65. The number of aryl methyl sites for hydroxylation is 2. The van der Waals surface area contributed by atoms with E-state index < -0.39 is 0 Å². The summed E-state index contributed by atoms with van der Waals surface area (Å²) in [4.78, 5) is 13.8. The zero-order valence-electron chi connectivity index (χ0n) is 10.4. The highest BCUT2D eigenvalue weighted by molar-refractivity contribution is 5.81. The number of benzene rings is 1. The maximum atomic E-state index is 11.4. The number of rotatable bonds is 1. The molecule has 1 saturated heterocycles. The lowest BCUT2D eigenvalue weighted by Gasteiger charge is -2.35. The molecule has 1 unspecified atom stereocenters. The van der Waals surface area contributed by atoms with Crippen LogP contribution in [0.3, 0.4) is 0 Å². The normalized spacial score (nSPS) is 23.9. The smallest absolute Gasteiger partial charge is 0.136 e. The van der Waals surface area contributed by atoms with Crippen LogP contribution in [0.4, 0.5) is 5.69 Å². The third kappa shape index (κ3) is 1.97. The van der Waals surface area contributed by atoms with Crippen molar-refractivity contribution in [2.45, 2.75) is 45.1 Å². The summed E-state index contributed by atoms with van der Waals surface area (Å²) in [5.41, 5.74) is 4.35. The molecule has 3 rings (SSSR count). The first-order valence-corrected chi connectivity index (χ1v) is 6.64. The molecular formula is C15H19NO. The van der Waals surface area contributed by atoms with E-state index in [1.54, 1.807) is 0 Å². The second kappa shape index (κ2) is 4.17. The number of fused-ring (bicyclic) bond motifs is 1. The van der Waals surface area contributed by atoms with Crippen molar-refractivity contribution in [1.29, 1.82) is 0 Å². The molecule has 17 heavy (non-hydrogen) atoms. The number of anilines is 1. The third-order valence-electron chi connectivity index (χ3n) is 4.10. The SMILES string of the molecule is CC1CC(=O)CCN1c1ccc2c(c1)CCC2. The zero-order chi connectivity index (χ0) is 11.8. The summed E-state index contributed by atoms with van der Waals surface area (Å²) in [6, 6.07) is 7.21. The molecule has 2 nitrogen and oxygen atoms in total. The van der Waals surface area contributed by atoms with Gasteiger partial charge in [-0.25, -0.2) is 0 Å². The highest BCUT2D eigenvalue weighted by Gasteiger charge is 2.24. The molecule has 1 aliphatic carbocycles. The van der Waals surface area contributed by atoms with Crippen LogP contribution in [0.2, 0.25) is 0 Å². The first-order valence-electron chi connectivity index (χ1n) is 6.64. The standard InChI is InChI=1S/C15H19NO/c1-11-9-15(17)7-8-16(11)14-6-5-12-3-2-4-13(12)10-14/h5-6,10-11H,2-4,7-9H2,1H3. The van der Waals surface area contributed by atoms with E-state index in [1.165, 1.54) is 36.1 Å². The molecule has 90 valence electrons. The molecular weight excluding hydrogens is 210 g/mol. The van der Waals surface area contributed by atoms with Crippen LogP contribution in [0.15, 0.2) is 18.2 Å². The second-order valence-electron chi connectivity index (χ2n) is 5.34. The minimum absolute atomic E-state index is 0.357. The highest BCUT2D eigenvalue weighted by Crippen LogP contribution is 2.29. The van der Waals surface area contributed by atoms with E-state index in [2.05, 4.69) is 30.0 Å². The van der Waals surface area contributed by atoms with Gasteiger partial charge in [-0.2, -0.15) is 0 Å². The van der Waals surface area contributed by atoms with Gasteiger partial charge in [-0.05, 0) is 49.4 Å². The van der Waals surface area contributed by atoms with E-state index in [-0.39, 0.29) is 0 Å². The van der Waals surface area contributed by atoms with Crippen LogP contribution in [0.25, 0.3) is 0 Å². The maximum Gasteiger partial charge on any atom is 0.136 e. The van der Waals surface area contributed by atoms with Crippen LogP contribution in [0.1, 0.15) is 37.3 Å². The lowest BCUT2D eigenvalue weighted by Crippen LogP contribution is -2.41. The number of nitrogens with zero attached hydrogens (tertiary/aromatic N) is 1. The van der Waals surface area contributed by atoms with Gasteiger partial charge in [-0.3, -0.25) is 4.79 Å². The van der Waals surface area contributed by atoms with E-state index in [4.69, 9.17) is 0 Å². The molecule has 0 radical (unpaired) electrons. The molecule has 1 aromatic carbocycles. The number of carbonyl (C=O) groups excluding carboxylic acids is 1. The van der Waals surface area contributed by atoms with Crippen molar-refractivity contribution in [3.8, 4) is 0 Å². The predicted octanol–water partition coefficient (Wildman–Crippen LogP) is 2.73. The van der Waals surface area contributed by atoms with Gasteiger partial charge in [0, 0.05) is 31.1 Å². The molecule has 1 atom stereocenters. The fourth-order valence-corrected chi connectivity index (χ4v) is 3.13. The molecule has 0 spiro atoms. The third-order valence-corrected chi connectivity index (χ3v) is 4.10. The minimum atomic E-state index is 0.357. The minimum Gasteiger partial charge on any atom is -0.368 e. The fraction of sp³-hybridized carbons (Fsp3) is 0.533. The van der Waals surface area contributed by atoms with E-state index >= 15 is 0 Å². The van der Waals surface area contributed by atoms with Gasteiger partial charge in [0.1, 0.15) is 5.78 Å². The number of ketones is 1. The fourth-order valence-electron chi connectivity index (χ4n) is 3.13. The predicted molar refractivity (Wildman–Crippen MR) is 69.5 cm³/mol. The number of Topliss-reactive ketones (excluding diaryl/α,β-unsaturated/α-hetero) is 1. The molecule has 1 heterocycles. The van der Waals surface area contributed by atoms with Crippen molar-refractivity contribution >= 4 is 11.5 Å². The van der Waals surface area contributed by atoms with E-state index in [0.29, 0.717) is 24.7 Å². The molecule has 0 saturated carbocycles. The van der Waals surface area contributed by atoms with Crippen molar-refractivity contribution in [1.82, 2.24) is 0 Å². The monoisotopic (exact) mass is 229 g/mol. The molecule has 0 amide bonds. The topological polar surface area (TPSA) is 20.3 Å². The van der Waals surface area contributed by atoms with Crippen molar-refractivity contribution in [2.75, 3.05) is 11.4 Å². The Hall–Kier alpha value is -1.31. The molecule has 0 aromatic heterocycles. The Bertz CT molecular complexity index is 452. The quantitative estimate of drug-likeness (QED) is 0.738. The van der Waals surface area contributed by atoms with Gasteiger partial charge in [0.2, 0.25) is 0 Å². The lowest BCUT2D eigenvalue weighted by atomic mass is 10.0. The van der Waals surface area contributed by atoms with Gasteiger partial charge >= 0.3 is 0 Å². The summed E-state index contributed by atoms with van der Waals surface area (Å²) in [6.45, 7) is 3.04. The van der Waals surface area contributed by atoms with Gasteiger partial charge in [0.15, 0.2) is 0 Å².